The number of H-pyrrole nitrogens is 1. The number of benzene rings is 1. The third-order valence-corrected chi connectivity index (χ3v) is 6.61. The van der Waals surface area contributed by atoms with Crippen molar-refractivity contribution >= 4 is 40.5 Å². The van der Waals surface area contributed by atoms with E-state index in [2.05, 4.69) is 27.9 Å². The predicted octanol–water partition coefficient (Wildman–Crippen LogP) is 1.26. The van der Waals surface area contributed by atoms with Crippen LogP contribution in [0.1, 0.15) is 70.3 Å². The van der Waals surface area contributed by atoms with E-state index in [1.807, 2.05) is 24.3 Å². The molecule has 1 aromatic carbocycles. The van der Waals surface area contributed by atoms with Crippen molar-refractivity contribution in [2.45, 2.75) is 89.3 Å². The molecular formula is C28H41N5O7. The van der Waals surface area contributed by atoms with Crippen LogP contribution in [0.25, 0.3) is 10.9 Å². The van der Waals surface area contributed by atoms with Gasteiger partial charge in [-0.3, -0.25) is 24.0 Å². The molecule has 0 aliphatic rings. The lowest BCUT2D eigenvalue weighted by Crippen LogP contribution is -2.58. The molecule has 8 N–H and O–H groups in total. The van der Waals surface area contributed by atoms with Crippen molar-refractivity contribution < 1.29 is 34.2 Å². The second-order valence-corrected chi connectivity index (χ2v) is 9.86. The number of aliphatic hydroxyl groups excluding tert-OH is 1. The van der Waals surface area contributed by atoms with Crippen LogP contribution in [0.4, 0.5) is 0 Å². The minimum absolute atomic E-state index is 0.112. The van der Waals surface area contributed by atoms with E-state index >= 15 is 0 Å². The summed E-state index contributed by atoms with van der Waals surface area (Å²) < 4.78 is 0. The van der Waals surface area contributed by atoms with Crippen molar-refractivity contribution in [3.05, 3.63) is 36.0 Å². The highest BCUT2D eigenvalue weighted by Gasteiger charge is 2.30. The van der Waals surface area contributed by atoms with Gasteiger partial charge in [-0.1, -0.05) is 63.6 Å². The molecule has 2 rings (SSSR count). The molecule has 2 aromatic rings. The normalized spacial score (nSPS) is 13.2. The number of nitrogens with two attached hydrogens (primary N) is 1. The minimum atomic E-state index is -1.53. The number of rotatable bonds is 19. The Kier molecular flexibility index (Phi) is 13.6. The first-order valence-corrected chi connectivity index (χ1v) is 13.7. The van der Waals surface area contributed by atoms with Crippen LogP contribution in [0.5, 0.6) is 0 Å². The summed E-state index contributed by atoms with van der Waals surface area (Å²) in [7, 11) is 0. The van der Waals surface area contributed by atoms with Gasteiger partial charge in [0, 0.05) is 29.9 Å². The van der Waals surface area contributed by atoms with E-state index in [-0.39, 0.29) is 18.7 Å². The van der Waals surface area contributed by atoms with E-state index in [1.165, 1.54) is 12.8 Å². The molecule has 40 heavy (non-hydrogen) atoms. The summed E-state index contributed by atoms with van der Waals surface area (Å²) in [4.78, 5) is 64.3. The van der Waals surface area contributed by atoms with Gasteiger partial charge in [-0.05, 0) is 18.1 Å². The fourth-order valence-corrected chi connectivity index (χ4v) is 4.37. The number of aromatic amines is 1. The average Bonchev–Trinajstić information content (AvgIpc) is 3.32. The third kappa shape index (κ3) is 10.7. The van der Waals surface area contributed by atoms with Gasteiger partial charge in [-0.25, -0.2) is 0 Å². The number of nitrogens with one attached hydrogen (secondary N) is 4. The Morgan fingerprint density at radius 1 is 0.875 bits per heavy atom. The van der Waals surface area contributed by atoms with E-state index in [0.29, 0.717) is 6.42 Å². The summed E-state index contributed by atoms with van der Waals surface area (Å²) in [5.41, 5.74) is 6.79. The highest BCUT2D eigenvalue weighted by atomic mass is 16.4. The number of carbonyl (C=O) groups excluding carboxylic acids is 4. The van der Waals surface area contributed by atoms with Gasteiger partial charge in [-0.15, -0.1) is 0 Å². The molecule has 0 aliphatic heterocycles. The Bertz CT molecular complexity index is 1150. The van der Waals surface area contributed by atoms with Gasteiger partial charge in [0.1, 0.15) is 18.1 Å². The number of unbranched alkanes of at least 4 members (excludes halogenated alkanes) is 6. The maximum atomic E-state index is 13.3. The van der Waals surface area contributed by atoms with Crippen LogP contribution in [0.3, 0.4) is 0 Å². The molecule has 0 bridgehead atoms. The Labute approximate surface area is 233 Å². The molecule has 12 nitrogen and oxygen atoms in total. The number of aliphatic carboxylic acids is 1. The van der Waals surface area contributed by atoms with Gasteiger partial charge in [0.15, 0.2) is 0 Å². The first kappa shape index (κ1) is 32.3. The van der Waals surface area contributed by atoms with Gasteiger partial charge < -0.3 is 36.9 Å². The van der Waals surface area contributed by atoms with Crippen molar-refractivity contribution in [3.63, 3.8) is 0 Å². The first-order valence-electron chi connectivity index (χ1n) is 13.7. The van der Waals surface area contributed by atoms with Crippen molar-refractivity contribution in [3.8, 4) is 0 Å². The lowest BCUT2D eigenvalue weighted by molar-refractivity contribution is -0.140. The van der Waals surface area contributed by atoms with E-state index < -0.39 is 54.8 Å². The molecule has 0 fully saturated rings. The largest absolute Gasteiger partial charge is 0.481 e. The monoisotopic (exact) mass is 559 g/mol. The molecule has 3 atom stereocenters. The zero-order valence-corrected chi connectivity index (χ0v) is 22.9. The smallest absolute Gasteiger partial charge is 0.305 e. The maximum Gasteiger partial charge on any atom is 0.305 e. The number of amides is 4. The van der Waals surface area contributed by atoms with E-state index in [9.17, 15) is 29.1 Å². The molecule has 0 radical (unpaired) electrons. The van der Waals surface area contributed by atoms with Crippen molar-refractivity contribution in [2.75, 3.05) is 6.61 Å². The maximum absolute atomic E-state index is 13.3. The van der Waals surface area contributed by atoms with Gasteiger partial charge in [0.2, 0.25) is 23.6 Å². The number of carboxylic acid groups (broad SMARTS) is 1. The number of carbonyl (C=O) groups is 5. The molecule has 1 aromatic heterocycles. The molecule has 1 heterocycles. The van der Waals surface area contributed by atoms with E-state index in [1.54, 1.807) is 6.20 Å². The Morgan fingerprint density at radius 3 is 2.15 bits per heavy atom. The highest BCUT2D eigenvalue weighted by Crippen LogP contribution is 2.19. The fraction of sp³-hybridized carbons (Fsp3) is 0.536. The highest BCUT2D eigenvalue weighted by molar-refractivity contribution is 5.95. The number of primary amides is 1. The number of aliphatic hydroxyl groups is 1. The quantitative estimate of drug-likeness (QED) is 0.125. The summed E-state index contributed by atoms with van der Waals surface area (Å²) >= 11 is 0. The van der Waals surface area contributed by atoms with Crippen LogP contribution in [0.2, 0.25) is 0 Å². The fourth-order valence-electron chi connectivity index (χ4n) is 4.37. The number of hydrogen-bond donors (Lipinski definition) is 7. The van der Waals surface area contributed by atoms with Crippen LogP contribution in [-0.2, 0) is 30.4 Å². The number of hydrogen-bond acceptors (Lipinski definition) is 6. The zero-order chi connectivity index (χ0) is 29.5. The Morgan fingerprint density at radius 2 is 1.50 bits per heavy atom. The lowest BCUT2D eigenvalue weighted by Gasteiger charge is -2.23. The molecule has 12 heteroatoms. The summed E-state index contributed by atoms with van der Waals surface area (Å²) in [6.07, 6.45) is 8.61. The minimum Gasteiger partial charge on any atom is -0.481 e. The second-order valence-electron chi connectivity index (χ2n) is 9.86. The first-order chi connectivity index (χ1) is 19.2. The van der Waals surface area contributed by atoms with Crippen molar-refractivity contribution in [1.82, 2.24) is 20.9 Å². The number of para-hydroxylation sites is 1. The molecule has 3 unspecified atom stereocenters. The predicted molar refractivity (Wildman–Crippen MR) is 149 cm³/mol. The lowest BCUT2D eigenvalue weighted by atomic mass is 10.0. The standard InChI is InChI=1S/C28H41N5O7/c1-2-3-4-5-6-7-8-13-24(35)31-22(14-18-16-30-20-12-10-9-11-19(18)20)27(39)33-23(17-34)28(40)32-21(26(29)38)15-25(36)37/h9-12,16,21-23,30,34H,2-8,13-15,17H2,1H3,(H2,29,38)(H,31,35)(H,32,40)(H,33,39)(H,36,37). The van der Waals surface area contributed by atoms with Crippen molar-refractivity contribution in [1.29, 1.82) is 0 Å². The van der Waals surface area contributed by atoms with Crippen LogP contribution in [0, 0.1) is 0 Å². The SMILES string of the molecule is CCCCCCCCCC(=O)NC(Cc1c[nH]c2ccccc12)C(=O)NC(CO)C(=O)NC(CC(=O)O)C(N)=O. The molecule has 0 spiro atoms. The van der Waals surface area contributed by atoms with Gasteiger partial charge >= 0.3 is 5.97 Å². The molecule has 220 valence electrons. The van der Waals surface area contributed by atoms with Crippen LogP contribution in [-0.4, -0.2) is 69.5 Å². The molecular weight excluding hydrogens is 518 g/mol. The van der Waals surface area contributed by atoms with Crippen LogP contribution >= 0.6 is 0 Å². The number of aromatic nitrogens is 1. The average molecular weight is 560 g/mol. The summed E-state index contributed by atoms with van der Waals surface area (Å²) in [6, 6.07) is 3.38. The van der Waals surface area contributed by atoms with Gasteiger partial charge in [0.05, 0.1) is 13.0 Å². The molecule has 0 saturated carbocycles. The number of carboxylic acids is 1. The zero-order valence-electron chi connectivity index (χ0n) is 22.9. The van der Waals surface area contributed by atoms with E-state index in [0.717, 1.165) is 42.1 Å². The molecule has 0 aliphatic carbocycles. The van der Waals surface area contributed by atoms with Crippen LogP contribution < -0.4 is 21.7 Å². The summed E-state index contributed by atoms with van der Waals surface area (Å²) in [5, 5.41) is 26.9. The molecule has 4 amide bonds. The van der Waals surface area contributed by atoms with E-state index in [4.69, 9.17) is 10.8 Å². The topological polar surface area (TPSA) is 204 Å². The van der Waals surface area contributed by atoms with Crippen molar-refractivity contribution in [2.24, 2.45) is 5.73 Å². The Balaban J connectivity index is 2.09. The number of fused-ring (bicyclic) bond motifs is 1. The third-order valence-electron chi connectivity index (χ3n) is 6.61. The van der Waals surface area contributed by atoms with Gasteiger partial charge in [-0.2, -0.15) is 0 Å². The van der Waals surface area contributed by atoms with Gasteiger partial charge in [0.25, 0.3) is 0 Å². The van der Waals surface area contributed by atoms with Crippen LogP contribution in [0.15, 0.2) is 30.5 Å². The second kappa shape index (κ2) is 16.9. The summed E-state index contributed by atoms with van der Waals surface area (Å²) in [5.74, 6) is -4.46. The summed E-state index contributed by atoms with van der Waals surface area (Å²) in [6.45, 7) is 1.32. The molecule has 0 saturated heterocycles. The Hall–Kier alpha value is -3.93.